The predicted octanol–water partition coefficient (Wildman–Crippen LogP) is 2.45. The van der Waals surface area contributed by atoms with Crippen molar-refractivity contribution >= 4 is 0 Å². The first-order chi connectivity index (χ1) is 7.86. The second-order valence-corrected chi connectivity index (χ2v) is 5.12. The zero-order valence-corrected chi connectivity index (χ0v) is 9.00. The number of rotatable bonds is 2. The highest BCUT2D eigenvalue weighted by Gasteiger charge is 2.58. The van der Waals surface area contributed by atoms with Gasteiger partial charge in [0.2, 0.25) is 0 Å². The van der Waals surface area contributed by atoms with Crippen LogP contribution in [0.4, 0.5) is 0 Å². The summed E-state index contributed by atoms with van der Waals surface area (Å²) in [6, 6.07) is 10.3. The normalized spacial score (nSPS) is 30.6. The highest BCUT2D eigenvalue weighted by Crippen LogP contribution is 2.61. The van der Waals surface area contributed by atoms with Crippen LogP contribution in [-0.4, -0.2) is 15.0 Å². The fourth-order valence-corrected chi connectivity index (χ4v) is 2.95. The average Bonchev–Trinajstić information content (AvgIpc) is 2.64. The number of hydrogen-bond donors (Lipinski definition) is 0. The Bertz CT molecular complexity index is 512. The maximum absolute atomic E-state index is 4.29. The fourth-order valence-electron chi connectivity index (χ4n) is 2.95. The molecule has 16 heavy (non-hydrogen) atoms. The quantitative estimate of drug-likeness (QED) is 0.764. The van der Waals surface area contributed by atoms with Gasteiger partial charge in [-0.05, 0) is 25.2 Å². The molecule has 0 N–H and O–H groups in total. The molecule has 3 aliphatic carbocycles. The molecule has 1 aromatic carbocycles. The smallest absolute Gasteiger partial charge is 0.113 e. The van der Waals surface area contributed by atoms with Gasteiger partial charge in [-0.2, -0.15) is 0 Å². The number of benzene rings is 1. The molecule has 0 unspecified atom stereocenters. The van der Waals surface area contributed by atoms with Gasteiger partial charge in [0.05, 0.1) is 11.7 Å². The summed E-state index contributed by atoms with van der Waals surface area (Å²) in [5.41, 5.74) is 2.50. The van der Waals surface area contributed by atoms with Gasteiger partial charge in [0.1, 0.15) is 5.69 Å². The first kappa shape index (κ1) is 8.50. The Kier molecular flexibility index (Phi) is 1.45. The van der Waals surface area contributed by atoms with E-state index >= 15 is 0 Å². The topological polar surface area (TPSA) is 30.7 Å². The predicted molar refractivity (Wildman–Crippen MR) is 60.8 cm³/mol. The van der Waals surface area contributed by atoms with E-state index in [1.54, 1.807) is 0 Å². The van der Waals surface area contributed by atoms with Gasteiger partial charge < -0.3 is 0 Å². The van der Waals surface area contributed by atoms with E-state index in [1.807, 2.05) is 18.2 Å². The minimum atomic E-state index is 0.352. The third-order valence-corrected chi connectivity index (χ3v) is 4.05. The van der Waals surface area contributed by atoms with E-state index in [0.29, 0.717) is 5.54 Å². The molecule has 3 nitrogen and oxygen atoms in total. The van der Waals surface area contributed by atoms with Crippen LogP contribution in [0.1, 0.15) is 19.3 Å². The molecule has 2 bridgehead atoms. The summed E-state index contributed by atoms with van der Waals surface area (Å²) in [5, 5.41) is 8.56. The van der Waals surface area contributed by atoms with E-state index < -0.39 is 0 Å². The lowest BCUT2D eigenvalue weighted by molar-refractivity contribution is -0.0988. The molecular formula is C13H13N3. The van der Waals surface area contributed by atoms with Crippen molar-refractivity contribution in [2.75, 3.05) is 0 Å². The fraction of sp³-hybridized carbons (Fsp3) is 0.385. The van der Waals surface area contributed by atoms with Crippen LogP contribution in [0.2, 0.25) is 0 Å². The van der Waals surface area contributed by atoms with Crippen molar-refractivity contribution in [1.29, 1.82) is 0 Å². The van der Waals surface area contributed by atoms with E-state index in [0.717, 1.165) is 17.2 Å². The first-order valence-corrected chi connectivity index (χ1v) is 5.84. The zero-order valence-electron chi connectivity index (χ0n) is 9.00. The molecule has 80 valence electrons. The van der Waals surface area contributed by atoms with Gasteiger partial charge in [0.15, 0.2) is 0 Å². The van der Waals surface area contributed by atoms with Crippen LogP contribution in [0.15, 0.2) is 36.5 Å². The molecule has 3 fully saturated rings. The van der Waals surface area contributed by atoms with Crippen LogP contribution in [0, 0.1) is 5.92 Å². The van der Waals surface area contributed by atoms with Crippen molar-refractivity contribution in [3.63, 3.8) is 0 Å². The summed E-state index contributed by atoms with van der Waals surface area (Å²) >= 11 is 0. The number of nitrogens with zero attached hydrogens (tertiary/aromatic N) is 3. The first-order valence-electron chi connectivity index (χ1n) is 5.84. The lowest BCUT2D eigenvalue weighted by Gasteiger charge is -2.61. The molecule has 0 aliphatic heterocycles. The molecular weight excluding hydrogens is 198 g/mol. The van der Waals surface area contributed by atoms with Gasteiger partial charge in [-0.15, -0.1) is 5.10 Å². The van der Waals surface area contributed by atoms with Crippen LogP contribution in [0.5, 0.6) is 0 Å². The van der Waals surface area contributed by atoms with Crippen molar-refractivity contribution in [1.82, 2.24) is 15.0 Å². The zero-order chi connectivity index (χ0) is 10.6. The molecule has 1 aromatic heterocycles. The summed E-state index contributed by atoms with van der Waals surface area (Å²) in [5.74, 6) is 0.976. The van der Waals surface area contributed by atoms with Gasteiger partial charge in [-0.3, -0.25) is 0 Å². The molecule has 0 amide bonds. The maximum Gasteiger partial charge on any atom is 0.113 e. The summed E-state index contributed by atoms with van der Waals surface area (Å²) in [7, 11) is 0. The summed E-state index contributed by atoms with van der Waals surface area (Å²) in [6.45, 7) is 0. The van der Waals surface area contributed by atoms with Crippen molar-refractivity contribution in [3.05, 3.63) is 36.5 Å². The van der Waals surface area contributed by atoms with E-state index in [9.17, 15) is 0 Å². The van der Waals surface area contributed by atoms with Crippen LogP contribution in [-0.2, 0) is 5.54 Å². The van der Waals surface area contributed by atoms with E-state index in [-0.39, 0.29) is 0 Å². The third-order valence-electron chi connectivity index (χ3n) is 4.05. The molecule has 3 saturated carbocycles. The Hall–Kier alpha value is -1.64. The summed E-state index contributed by atoms with van der Waals surface area (Å²) in [4.78, 5) is 0. The molecule has 0 radical (unpaired) electrons. The minimum absolute atomic E-state index is 0.352. The third kappa shape index (κ3) is 0.979. The van der Waals surface area contributed by atoms with Gasteiger partial charge in [0, 0.05) is 5.56 Å². The van der Waals surface area contributed by atoms with Crippen molar-refractivity contribution in [3.8, 4) is 11.3 Å². The SMILES string of the molecule is c1ccc(-c2cn(C34CC(C3)C4)nn2)cc1. The largest absolute Gasteiger partial charge is 0.246 e. The van der Waals surface area contributed by atoms with Crippen LogP contribution >= 0.6 is 0 Å². The van der Waals surface area contributed by atoms with Gasteiger partial charge >= 0.3 is 0 Å². The Morgan fingerprint density at radius 3 is 2.50 bits per heavy atom. The van der Waals surface area contributed by atoms with Gasteiger partial charge in [-0.1, -0.05) is 35.5 Å². The van der Waals surface area contributed by atoms with E-state index in [2.05, 4.69) is 33.3 Å². The molecule has 5 rings (SSSR count). The Labute approximate surface area is 94.1 Å². The summed E-state index contributed by atoms with van der Waals surface area (Å²) in [6.07, 6.45) is 6.03. The molecule has 0 saturated heterocycles. The highest BCUT2D eigenvalue weighted by molar-refractivity contribution is 5.57. The van der Waals surface area contributed by atoms with Crippen LogP contribution < -0.4 is 0 Å². The molecule has 1 heterocycles. The van der Waals surface area contributed by atoms with Crippen LogP contribution in [0.25, 0.3) is 11.3 Å². The van der Waals surface area contributed by atoms with Crippen molar-refractivity contribution in [2.45, 2.75) is 24.8 Å². The maximum atomic E-state index is 4.29. The molecule has 0 spiro atoms. The van der Waals surface area contributed by atoms with Gasteiger partial charge in [-0.25, -0.2) is 4.68 Å². The number of aromatic nitrogens is 3. The Morgan fingerprint density at radius 2 is 1.88 bits per heavy atom. The van der Waals surface area contributed by atoms with Gasteiger partial charge in [0.25, 0.3) is 0 Å². The van der Waals surface area contributed by atoms with E-state index in [1.165, 1.54) is 19.3 Å². The molecule has 3 heteroatoms. The average molecular weight is 211 g/mol. The summed E-state index contributed by atoms with van der Waals surface area (Å²) < 4.78 is 2.09. The molecule has 3 aliphatic rings. The monoisotopic (exact) mass is 211 g/mol. The lowest BCUT2D eigenvalue weighted by Crippen LogP contribution is -2.59. The van der Waals surface area contributed by atoms with Crippen LogP contribution in [0.3, 0.4) is 0 Å². The standard InChI is InChI=1S/C13H13N3/c1-2-4-11(5-3-1)12-9-16(15-14-12)13-6-10(7-13)8-13/h1-5,9-10H,6-8H2. The van der Waals surface area contributed by atoms with Crippen molar-refractivity contribution in [2.24, 2.45) is 5.92 Å². The highest BCUT2D eigenvalue weighted by atomic mass is 15.5. The number of hydrogen-bond acceptors (Lipinski definition) is 2. The lowest BCUT2D eigenvalue weighted by atomic mass is 9.50. The molecule has 0 atom stereocenters. The minimum Gasteiger partial charge on any atom is -0.246 e. The Balaban J connectivity index is 1.71. The Morgan fingerprint density at radius 1 is 1.12 bits per heavy atom. The second kappa shape index (κ2) is 2.73. The molecule has 2 aromatic rings. The van der Waals surface area contributed by atoms with E-state index in [4.69, 9.17) is 0 Å². The van der Waals surface area contributed by atoms with Crippen molar-refractivity contribution < 1.29 is 0 Å². The second-order valence-electron chi connectivity index (χ2n) is 5.12.